The zero-order valence-electron chi connectivity index (χ0n) is 9.93. The maximum Gasteiger partial charge on any atom is 0.221 e. The molecule has 98 valence electrons. The van der Waals surface area contributed by atoms with E-state index in [1.54, 1.807) is 24.2 Å². The minimum Gasteiger partial charge on any atom is -0.352 e. The summed E-state index contributed by atoms with van der Waals surface area (Å²) in [5, 5.41) is 6.32. The lowest BCUT2D eigenvalue weighted by atomic mass is 10.2. The average Bonchev–Trinajstić information content (AvgIpc) is 2.85. The molecule has 5 N–H and O–H groups in total. The number of hydrazine groups is 1. The van der Waals surface area contributed by atoms with Crippen molar-refractivity contribution in [2.24, 2.45) is 5.84 Å². The van der Waals surface area contributed by atoms with E-state index in [2.05, 4.69) is 21.0 Å². The lowest BCUT2D eigenvalue weighted by Gasteiger charge is -2.09. The molecule has 1 saturated heterocycles. The van der Waals surface area contributed by atoms with Crippen molar-refractivity contribution in [2.45, 2.75) is 23.7 Å². The predicted molar refractivity (Wildman–Crippen MR) is 71.2 cm³/mol. The molecule has 0 aromatic carbocycles. The van der Waals surface area contributed by atoms with E-state index in [1.807, 2.05) is 12.1 Å². The van der Waals surface area contributed by atoms with Gasteiger partial charge >= 0.3 is 0 Å². The summed E-state index contributed by atoms with van der Waals surface area (Å²) in [6.45, 7) is 1.32. The third-order valence-electron chi connectivity index (χ3n) is 2.64. The largest absolute Gasteiger partial charge is 0.352 e. The summed E-state index contributed by atoms with van der Waals surface area (Å²) in [7, 11) is 0. The van der Waals surface area contributed by atoms with E-state index < -0.39 is 0 Å². The molecule has 1 aromatic heterocycles. The van der Waals surface area contributed by atoms with Crippen LogP contribution in [0.5, 0.6) is 0 Å². The van der Waals surface area contributed by atoms with Gasteiger partial charge in [0.15, 0.2) is 0 Å². The van der Waals surface area contributed by atoms with Gasteiger partial charge in [0.25, 0.3) is 0 Å². The Kier molecular flexibility index (Phi) is 4.94. The van der Waals surface area contributed by atoms with E-state index in [0.717, 1.165) is 12.1 Å². The number of aromatic nitrogens is 1. The smallest absolute Gasteiger partial charge is 0.221 e. The van der Waals surface area contributed by atoms with Gasteiger partial charge in [-0.3, -0.25) is 20.9 Å². The highest BCUT2D eigenvalue weighted by Gasteiger charge is 2.25. The van der Waals surface area contributed by atoms with Crippen LogP contribution < -0.4 is 21.9 Å². The van der Waals surface area contributed by atoms with Crippen LogP contribution in [0.15, 0.2) is 24.5 Å². The fourth-order valence-electron chi connectivity index (χ4n) is 1.73. The van der Waals surface area contributed by atoms with Gasteiger partial charge in [0.2, 0.25) is 5.91 Å². The summed E-state index contributed by atoms with van der Waals surface area (Å²) in [6, 6.07) is 3.79. The zero-order valence-corrected chi connectivity index (χ0v) is 10.7. The van der Waals surface area contributed by atoms with Crippen molar-refractivity contribution in [1.29, 1.82) is 0 Å². The van der Waals surface area contributed by atoms with E-state index in [1.165, 1.54) is 0 Å². The number of hydrogen-bond acceptors (Lipinski definition) is 6. The van der Waals surface area contributed by atoms with Gasteiger partial charge in [0.1, 0.15) is 5.50 Å². The molecule has 1 aliphatic rings. The van der Waals surface area contributed by atoms with E-state index >= 15 is 0 Å². The molecule has 0 aliphatic carbocycles. The standard InChI is InChI=1S/C11H17N5OS/c12-16-11-15-7-9(18-11)4-10(17)14-6-8-2-1-3-13-5-8/h1-3,5,9,11,15-16H,4,6-7,12H2,(H,14,17). The van der Waals surface area contributed by atoms with Gasteiger partial charge in [-0.05, 0) is 11.6 Å². The molecule has 0 spiro atoms. The maximum atomic E-state index is 11.7. The molecule has 2 rings (SSSR count). The summed E-state index contributed by atoms with van der Waals surface area (Å²) in [4.78, 5) is 15.7. The predicted octanol–water partition coefficient (Wildman–Crippen LogP) is -0.460. The third-order valence-corrected chi connectivity index (χ3v) is 3.93. The monoisotopic (exact) mass is 267 g/mol. The van der Waals surface area contributed by atoms with Gasteiger partial charge in [-0.15, -0.1) is 11.8 Å². The van der Waals surface area contributed by atoms with Crippen molar-refractivity contribution in [2.75, 3.05) is 6.54 Å². The summed E-state index contributed by atoms with van der Waals surface area (Å²) in [5.74, 6) is 5.37. The van der Waals surface area contributed by atoms with Gasteiger partial charge < -0.3 is 5.32 Å². The van der Waals surface area contributed by atoms with E-state index in [4.69, 9.17) is 5.84 Å². The maximum absolute atomic E-state index is 11.7. The molecule has 1 amide bonds. The van der Waals surface area contributed by atoms with E-state index in [9.17, 15) is 4.79 Å². The van der Waals surface area contributed by atoms with Crippen LogP contribution in [0.2, 0.25) is 0 Å². The Labute approximate surface area is 110 Å². The molecule has 1 aliphatic heterocycles. The molecule has 1 fully saturated rings. The lowest BCUT2D eigenvalue weighted by molar-refractivity contribution is -0.121. The Morgan fingerprint density at radius 3 is 3.22 bits per heavy atom. The fourth-order valence-corrected chi connectivity index (χ4v) is 2.82. The van der Waals surface area contributed by atoms with Crippen LogP contribution in [-0.4, -0.2) is 28.2 Å². The van der Waals surface area contributed by atoms with Gasteiger partial charge in [-0.1, -0.05) is 6.07 Å². The van der Waals surface area contributed by atoms with Gasteiger partial charge in [0, 0.05) is 37.2 Å². The van der Waals surface area contributed by atoms with Crippen molar-refractivity contribution >= 4 is 17.7 Å². The van der Waals surface area contributed by atoms with Crippen LogP contribution in [-0.2, 0) is 11.3 Å². The Bertz CT molecular complexity index is 388. The van der Waals surface area contributed by atoms with Crippen molar-refractivity contribution < 1.29 is 4.79 Å². The number of nitrogens with zero attached hydrogens (tertiary/aromatic N) is 1. The summed E-state index contributed by atoms with van der Waals surface area (Å²) >= 11 is 1.64. The second kappa shape index (κ2) is 6.69. The molecule has 2 heterocycles. The van der Waals surface area contributed by atoms with Crippen LogP contribution in [0.25, 0.3) is 0 Å². The number of nitrogens with two attached hydrogens (primary N) is 1. The third kappa shape index (κ3) is 3.95. The SMILES string of the molecule is NNC1NCC(CC(=O)NCc2cccnc2)S1. The van der Waals surface area contributed by atoms with Crippen LogP contribution in [0.3, 0.4) is 0 Å². The van der Waals surface area contributed by atoms with Gasteiger partial charge in [-0.2, -0.15) is 0 Å². The van der Waals surface area contributed by atoms with Crippen molar-refractivity contribution in [3.8, 4) is 0 Å². The Morgan fingerprint density at radius 1 is 1.67 bits per heavy atom. The molecule has 7 heteroatoms. The Balaban J connectivity index is 1.70. The first-order valence-corrected chi connectivity index (χ1v) is 6.73. The molecular formula is C11H17N5OS. The highest BCUT2D eigenvalue weighted by molar-refractivity contribution is 8.00. The molecule has 0 bridgehead atoms. The average molecular weight is 267 g/mol. The normalized spacial score (nSPS) is 22.9. The number of amides is 1. The zero-order chi connectivity index (χ0) is 12.8. The molecule has 2 unspecified atom stereocenters. The van der Waals surface area contributed by atoms with Gasteiger partial charge in [-0.25, -0.2) is 5.43 Å². The van der Waals surface area contributed by atoms with Crippen molar-refractivity contribution in [3.63, 3.8) is 0 Å². The highest BCUT2D eigenvalue weighted by atomic mass is 32.2. The Morgan fingerprint density at radius 2 is 2.56 bits per heavy atom. The second-order valence-corrected chi connectivity index (χ2v) is 5.47. The number of carbonyl (C=O) groups is 1. The molecule has 2 atom stereocenters. The highest BCUT2D eigenvalue weighted by Crippen LogP contribution is 2.22. The molecule has 1 aromatic rings. The number of hydrogen-bond donors (Lipinski definition) is 4. The minimum absolute atomic E-state index is 0.0427. The number of carbonyl (C=O) groups excluding carboxylic acids is 1. The number of rotatable bonds is 5. The van der Waals surface area contributed by atoms with E-state index in [-0.39, 0.29) is 16.7 Å². The van der Waals surface area contributed by atoms with Crippen LogP contribution in [0.1, 0.15) is 12.0 Å². The first-order chi connectivity index (χ1) is 8.78. The number of pyridine rings is 1. The van der Waals surface area contributed by atoms with Crippen molar-refractivity contribution in [1.82, 2.24) is 21.0 Å². The molecule has 0 saturated carbocycles. The quantitative estimate of drug-likeness (QED) is 0.426. The first-order valence-electron chi connectivity index (χ1n) is 5.78. The topological polar surface area (TPSA) is 92.1 Å². The first kappa shape index (κ1) is 13.3. The van der Waals surface area contributed by atoms with Gasteiger partial charge in [0.05, 0.1) is 0 Å². The number of thioether (sulfide) groups is 1. The molecule has 6 nitrogen and oxygen atoms in total. The van der Waals surface area contributed by atoms with Crippen LogP contribution >= 0.6 is 11.8 Å². The minimum atomic E-state index is 0.0427. The summed E-state index contributed by atoms with van der Waals surface area (Å²) in [6.07, 6.45) is 3.96. The lowest BCUT2D eigenvalue weighted by Crippen LogP contribution is -2.39. The Hall–Kier alpha value is -1.15. The second-order valence-electron chi connectivity index (χ2n) is 4.06. The number of nitrogens with one attached hydrogen (secondary N) is 3. The summed E-state index contributed by atoms with van der Waals surface area (Å²) in [5.41, 5.74) is 3.68. The molecular weight excluding hydrogens is 250 g/mol. The summed E-state index contributed by atoms with van der Waals surface area (Å²) < 4.78 is 0. The fraction of sp³-hybridized carbons (Fsp3) is 0.455. The van der Waals surface area contributed by atoms with Crippen molar-refractivity contribution in [3.05, 3.63) is 30.1 Å². The van der Waals surface area contributed by atoms with E-state index in [0.29, 0.717) is 13.0 Å². The molecule has 18 heavy (non-hydrogen) atoms. The van der Waals surface area contributed by atoms with Crippen LogP contribution in [0, 0.1) is 0 Å². The van der Waals surface area contributed by atoms with Crippen LogP contribution in [0.4, 0.5) is 0 Å². The molecule has 0 radical (unpaired) electrons.